The molecule has 0 unspecified atom stereocenters. The van der Waals surface area contributed by atoms with Crippen LogP contribution in [0.15, 0.2) is 24.4 Å². The lowest BCUT2D eigenvalue weighted by Gasteiger charge is -2.09. The van der Waals surface area contributed by atoms with Crippen LogP contribution in [0, 0.1) is 20.8 Å². The summed E-state index contributed by atoms with van der Waals surface area (Å²) in [5.41, 5.74) is 3.34. The van der Waals surface area contributed by atoms with Gasteiger partial charge in [0.1, 0.15) is 5.75 Å². The van der Waals surface area contributed by atoms with Crippen molar-refractivity contribution in [3.63, 3.8) is 0 Å². The number of nitrogens with one attached hydrogen (secondary N) is 1. The molecule has 0 saturated carbocycles. The molecule has 0 amide bonds. The number of aromatic amines is 1. The minimum Gasteiger partial charge on any atom is -0.454 e. The van der Waals surface area contributed by atoms with Gasteiger partial charge in [0.15, 0.2) is 5.75 Å². The van der Waals surface area contributed by atoms with E-state index in [9.17, 15) is 0 Å². The molecule has 2 aromatic rings. The van der Waals surface area contributed by atoms with Crippen molar-refractivity contribution in [3.8, 4) is 11.5 Å². The van der Waals surface area contributed by atoms with Gasteiger partial charge in [-0.3, -0.25) is 5.10 Å². The Kier molecular flexibility index (Phi) is 2.46. The summed E-state index contributed by atoms with van der Waals surface area (Å²) in [5, 5.41) is 6.77. The molecule has 15 heavy (non-hydrogen) atoms. The van der Waals surface area contributed by atoms with Crippen LogP contribution in [0.5, 0.6) is 11.5 Å². The summed E-state index contributed by atoms with van der Waals surface area (Å²) < 4.78 is 5.77. The molecule has 1 heterocycles. The van der Waals surface area contributed by atoms with E-state index in [0.717, 1.165) is 22.8 Å². The molecule has 0 fully saturated rings. The van der Waals surface area contributed by atoms with Crippen LogP contribution in [0.25, 0.3) is 0 Å². The zero-order valence-electron chi connectivity index (χ0n) is 9.16. The quantitative estimate of drug-likeness (QED) is 0.812. The summed E-state index contributed by atoms with van der Waals surface area (Å²) in [4.78, 5) is 0. The Labute approximate surface area is 89.1 Å². The van der Waals surface area contributed by atoms with Crippen LogP contribution in [0.3, 0.4) is 0 Å². The molecule has 0 radical (unpaired) electrons. The molecule has 0 aliphatic rings. The normalized spacial score (nSPS) is 10.3. The maximum atomic E-state index is 5.77. The first-order valence-electron chi connectivity index (χ1n) is 4.92. The van der Waals surface area contributed by atoms with Crippen molar-refractivity contribution in [1.82, 2.24) is 10.2 Å². The minimum absolute atomic E-state index is 0.781. The van der Waals surface area contributed by atoms with Crippen LogP contribution in [0.1, 0.15) is 16.8 Å². The third kappa shape index (κ3) is 1.86. The van der Waals surface area contributed by atoms with E-state index in [2.05, 4.69) is 30.1 Å². The Balaban J connectivity index is 2.33. The van der Waals surface area contributed by atoms with Gasteiger partial charge in [-0.15, -0.1) is 0 Å². The Morgan fingerprint density at radius 3 is 2.60 bits per heavy atom. The minimum atomic E-state index is 0.781. The maximum absolute atomic E-state index is 5.77. The van der Waals surface area contributed by atoms with E-state index in [4.69, 9.17) is 4.74 Å². The summed E-state index contributed by atoms with van der Waals surface area (Å²) in [5.74, 6) is 1.67. The van der Waals surface area contributed by atoms with Gasteiger partial charge >= 0.3 is 0 Å². The van der Waals surface area contributed by atoms with Crippen LogP contribution < -0.4 is 4.74 Å². The second-order valence-electron chi connectivity index (χ2n) is 3.66. The van der Waals surface area contributed by atoms with Gasteiger partial charge in [-0.2, -0.15) is 5.10 Å². The zero-order valence-corrected chi connectivity index (χ0v) is 9.16. The van der Waals surface area contributed by atoms with E-state index in [1.54, 1.807) is 6.20 Å². The van der Waals surface area contributed by atoms with E-state index in [-0.39, 0.29) is 0 Å². The van der Waals surface area contributed by atoms with Crippen LogP contribution in [-0.4, -0.2) is 10.2 Å². The summed E-state index contributed by atoms with van der Waals surface area (Å²) >= 11 is 0. The lowest BCUT2D eigenvalue weighted by molar-refractivity contribution is 0.475. The molecule has 78 valence electrons. The van der Waals surface area contributed by atoms with Gasteiger partial charge in [-0.05, 0) is 38.0 Å². The fourth-order valence-electron chi connectivity index (χ4n) is 1.40. The molecule has 0 aliphatic heterocycles. The van der Waals surface area contributed by atoms with E-state index in [1.807, 2.05) is 19.1 Å². The highest BCUT2D eigenvalue weighted by Gasteiger charge is 2.06. The highest BCUT2D eigenvalue weighted by Crippen LogP contribution is 2.27. The fourth-order valence-corrected chi connectivity index (χ4v) is 1.40. The molecule has 3 nitrogen and oxygen atoms in total. The Bertz CT molecular complexity index is 474. The molecular weight excluding hydrogens is 188 g/mol. The maximum Gasteiger partial charge on any atom is 0.167 e. The number of aromatic nitrogens is 2. The monoisotopic (exact) mass is 202 g/mol. The molecule has 1 aromatic heterocycles. The predicted octanol–water partition coefficient (Wildman–Crippen LogP) is 3.13. The Hall–Kier alpha value is -1.77. The van der Waals surface area contributed by atoms with Crippen molar-refractivity contribution < 1.29 is 4.74 Å². The van der Waals surface area contributed by atoms with Crippen molar-refractivity contribution in [2.45, 2.75) is 20.8 Å². The van der Waals surface area contributed by atoms with Crippen LogP contribution in [0.4, 0.5) is 0 Å². The highest BCUT2D eigenvalue weighted by atomic mass is 16.5. The highest BCUT2D eigenvalue weighted by molar-refractivity contribution is 5.41. The number of ether oxygens (including phenoxy) is 1. The fraction of sp³-hybridized carbons (Fsp3) is 0.250. The molecule has 0 saturated heterocycles. The lowest BCUT2D eigenvalue weighted by atomic mass is 10.1. The average Bonchev–Trinajstić information content (AvgIpc) is 2.60. The van der Waals surface area contributed by atoms with Crippen molar-refractivity contribution in [3.05, 3.63) is 41.2 Å². The van der Waals surface area contributed by atoms with Gasteiger partial charge in [-0.1, -0.05) is 12.1 Å². The van der Waals surface area contributed by atoms with E-state index in [1.165, 1.54) is 5.56 Å². The molecule has 1 aromatic carbocycles. The molecule has 0 atom stereocenters. The van der Waals surface area contributed by atoms with E-state index in [0.29, 0.717) is 0 Å². The Morgan fingerprint density at radius 1 is 1.13 bits per heavy atom. The summed E-state index contributed by atoms with van der Waals surface area (Å²) in [6.07, 6.45) is 1.69. The number of hydrogen-bond donors (Lipinski definition) is 1. The van der Waals surface area contributed by atoms with E-state index >= 15 is 0 Å². The zero-order chi connectivity index (χ0) is 10.8. The molecule has 0 aliphatic carbocycles. The van der Waals surface area contributed by atoms with E-state index < -0.39 is 0 Å². The van der Waals surface area contributed by atoms with Crippen LogP contribution in [0.2, 0.25) is 0 Å². The number of nitrogens with zero attached hydrogens (tertiary/aromatic N) is 1. The Morgan fingerprint density at radius 2 is 1.93 bits per heavy atom. The largest absolute Gasteiger partial charge is 0.454 e. The SMILES string of the molecule is Cc1cccc(Oc2cn[nH]c2C)c1C. The third-order valence-corrected chi connectivity index (χ3v) is 2.56. The first-order chi connectivity index (χ1) is 7.18. The number of aryl methyl sites for hydroxylation is 2. The second kappa shape index (κ2) is 3.77. The number of hydrogen-bond acceptors (Lipinski definition) is 2. The third-order valence-electron chi connectivity index (χ3n) is 2.56. The molecule has 0 spiro atoms. The standard InChI is InChI=1S/C12H14N2O/c1-8-5-4-6-11(9(8)2)15-12-7-13-14-10(12)3/h4-7H,1-3H3,(H,13,14). The molecule has 2 rings (SSSR count). The predicted molar refractivity (Wildman–Crippen MR) is 59.3 cm³/mol. The summed E-state index contributed by atoms with van der Waals surface area (Å²) in [7, 11) is 0. The summed E-state index contributed by atoms with van der Waals surface area (Å²) in [6.45, 7) is 6.07. The van der Waals surface area contributed by atoms with Crippen molar-refractivity contribution >= 4 is 0 Å². The van der Waals surface area contributed by atoms with Gasteiger partial charge < -0.3 is 4.74 Å². The molecule has 0 bridgehead atoms. The van der Waals surface area contributed by atoms with Crippen molar-refractivity contribution in [2.24, 2.45) is 0 Å². The van der Waals surface area contributed by atoms with Crippen LogP contribution in [-0.2, 0) is 0 Å². The second-order valence-corrected chi connectivity index (χ2v) is 3.66. The summed E-state index contributed by atoms with van der Waals surface area (Å²) in [6, 6.07) is 6.03. The average molecular weight is 202 g/mol. The van der Waals surface area contributed by atoms with Gasteiger partial charge in [0.2, 0.25) is 0 Å². The molecule has 1 N–H and O–H groups in total. The first-order valence-corrected chi connectivity index (χ1v) is 4.92. The topological polar surface area (TPSA) is 37.9 Å². The number of rotatable bonds is 2. The number of benzene rings is 1. The molecular formula is C12H14N2O. The first kappa shape index (κ1) is 9.77. The smallest absolute Gasteiger partial charge is 0.167 e. The molecule has 3 heteroatoms. The van der Waals surface area contributed by atoms with Gasteiger partial charge in [-0.25, -0.2) is 0 Å². The lowest BCUT2D eigenvalue weighted by Crippen LogP contribution is -1.90. The van der Waals surface area contributed by atoms with Crippen LogP contribution >= 0.6 is 0 Å². The van der Waals surface area contributed by atoms with Gasteiger partial charge in [0.25, 0.3) is 0 Å². The van der Waals surface area contributed by atoms with Crippen molar-refractivity contribution in [2.75, 3.05) is 0 Å². The van der Waals surface area contributed by atoms with Gasteiger partial charge in [0, 0.05) is 0 Å². The number of H-pyrrole nitrogens is 1. The van der Waals surface area contributed by atoms with Gasteiger partial charge in [0.05, 0.1) is 11.9 Å². The van der Waals surface area contributed by atoms with Crippen molar-refractivity contribution in [1.29, 1.82) is 0 Å².